The zero-order valence-electron chi connectivity index (χ0n) is 19.0. The molecule has 170 valence electrons. The van der Waals surface area contributed by atoms with Gasteiger partial charge in [0.15, 0.2) is 5.78 Å². The van der Waals surface area contributed by atoms with Gasteiger partial charge >= 0.3 is 0 Å². The maximum atomic E-state index is 13.2. The Balaban J connectivity index is 0.000000327. The molecule has 5 nitrogen and oxygen atoms in total. The second kappa shape index (κ2) is 14.6. The van der Waals surface area contributed by atoms with E-state index in [-0.39, 0.29) is 11.6 Å². The second-order valence-corrected chi connectivity index (χ2v) is 7.77. The number of carbonyl (C=O) groups excluding carboxylic acids is 1. The number of methoxy groups -OCH3 is 2. The van der Waals surface area contributed by atoms with Crippen LogP contribution in [0.5, 0.6) is 11.5 Å². The average molecular weight is 449 g/mol. The van der Waals surface area contributed by atoms with E-state index in [1.807, 2.05) is 0 Å². The molecule has 0 saturated carbocycles. The van der Waals surface area contributed by atoms with Crippen molar-refractivity contribution < 1.29 is 18.7 Å². The zero-order valence-corrected chi connectivity index (χ0v) is 19.9. The van der Waals surface area contributed by atoms with Gasteiger partial charge in [0.2, 0.25) is 0 Å². The van der Waals surface area contributed by atoms with Crippen LogP contribution in [0.15, 0.2) is 46.3 Å². The van der Waals surface area contributed by atoms with Crippen LogP contribution in [0, 0.1) is 5.82 Å². The predicted octanol–water partition coefficient (Wildman–Crippen LogP) is 6.28. The molecule has 31 heavy (non-hydrogen) atoms. The minimum absolute atomic E-state index is 0.0608. The molecule has 0 aliphatic rings. The number of hydrogen-bond donors (Lipinski definition) is 1. The monoisotopic (exact) mass is 448 g/mol. The van der Waals surface area contributed by atoms with E-state index in [0.717, 1.165) is 22.9 Å². The molecule has 0 amide bonds. The van der Waals surface area contributed by atoms with Crippen molar-refractivity contribution in [1.82, 2.24) is 5.32 Å². The van der Waals surface area contributed by atoms with E-state index in [2.05, 4.69) is 30.9 Å². The minimum Gasteiger partial charge on any atom is -0.496 e. The Bertz CT molecular complexity index is 823. The van der Waals surface area contributed by atoms with Crippen molar-refractivity contribution in [3.05, 3.63) is 47.8 Å². The summed E-state index contributed by atoms with van der Waals surface area (Å²) in [6.07, 6.45) is 3.46. The molecule has 2 aromatic carbocycles. The van der Waals surface area contributed by atoms with Crippen molar-refractivity contribution in [3.63, 3.8) is 0 Å². The third-order valence-corrected chi connectivity index (χ3v) is 5.55. The van der Waals surface area contributed by atoms with Crippen LogP contribution in [0.2, 0.25) is 0 Å². The van der Waals surface area contributed by atoms with Crippen molar-refractivity contribution in [2.75, 3.05) is 20.1 Å². The zero-order chi connectivity index (χ0) is 23.2. The molecule has 1 unspecified atom stereocenters. The molecule has 2 aromatic rings. The first-order chi connectivity index (χ1) is 14.9. The molecular weight excluding hydrogens is 415 g/mol. The fraction of sp³-hybridized carbons (Fsp3) is 0.417. The molecule has 2 rings (SSSR count). The van der Waals surface area contributed by atoms with Gasteiger partial charge in [0.05, 0.1) is 19.9 Å². The maximum absolute atomic E-state index is 13.2. The molecule has 0 heterocycles. The highest BCUT2D eigenvalue weighted by Gasteiger charge is 2.13. The van der Waals surface area contributed by atoms with Crippen LogP contribution >= 0.6 is 11.8 Å². The summed E-state index contributed by atoms with van der Waals surface area (Å²) in [7, 11) is 3.06. The molecule has 0 aromatic heterocycles. The highest BCUT2D eigenvalue weighted by atomic mass is 32.2. The Labute approximate surface area is 189 Å². The van der Waals surface area contributed by atoms with Crippen LogP contribution in [-0.2, 0) is 0 Å². The molecular formula is C24H33FN2O3S. The number of ketones is 1. The van der Waals surface area contributed by atoms with Gasteiger partial charge in [0, 0.05) is 16.8 Å². The summed E-state index contributed by atoms with van der Waals surface area (Å²) in [4.78, 5) is 16.0. The van der Waals surface area contributed by atoms with Crippen LogP contribution < -0.4 is 14.8 Å². The lowest BCUT2D eigenvalue weighted by atomic mass is 10.1. The number of carbonyl (C=O) groups is 1. The molecule has 0 aliphatic heterocycles. The third kappa shape index (κ3) is 8.71. The van der Waals surface area contributed by atoms with Gasteiger partial charge < -0.3 is 14.8 Å². The van der Waals surface area contributed by atoms with Crippen LogP contribution in [0.3, 0.4) is 0 Å². The lowest BCUT2D eigenvalue weighted by Gasteiger charge is -2.15. The van der Waals surface area contributed by atoms with Crippen LogP contribution in [0.25, 0.3) is 0 Å². The van der Waals surface area contributed by atoms with E-state index >= 15 is 0 Å². The quantitative estimate of drug-likeness (QED) is 0.190. The smallest absolute Gasteiger partial charge is 0.167 e. The topological polar surface area (TPSA) is 59.9 Å². The van der Waals surface area contributed by atoms with E-state index in [0.29, 0.717) is 23.1 Å². The van der Waals surface area contributed by atoms with E-state index < -0.39 is 0 Å². The Kier molecular flexibility index (Phi) is 12.5. The molecule has 7 heteroatoms. The molecule has 0 fully saturated rings. The molecule has 0 radical (unpaired) electrons. The Morgan fingerprint density at radius 1 is 1.19 bits per heavy atom. The average Bonchev–Trinajstić information content (AvgIpc) is 2.78. The number of halogens is 1. The fourth-order valence-corrected chi connectivity index (χ4v) is 3.92. The summed E-state index contributed by atoms with van der Waals surface area (Å²) in [5, 5.41) is 3.47. The number of Topliss-reactive ketones (excluding diaryl/α,β-unsaturated/α-hetero) is 1. The first-order valence-electron chi connectivity index (χ1n) is 10.3. The van der Waals surface area contributed by atoms with Gasteiger partial charge in [0.1, 0.15) is 22.9 Å². The summed E-state index contributed by atoms with van der Waals surface area (Å²) >= 11 is 1.57. The van der Waals surface area contributed by atoms with Crippen molar-refractivity contribution >= 4 is 30.0 Å². The first kappa shape index (κ1) is 26.7. The van der Waals surface area contributed by atoms with Crippen LogP contribution in [-0.4, -0.2) is 38.6 Å². The lowest BCUT2D eigenvalue weighted by Crippen LogP contribution is -2.27. The lowest BCUT2D eigenvalue weighted by molar-refractivity contribution is 0.101. The standard InChI is InChI=1S/C14H21FN2S.C10H12O3/c1-4-6-12(5-2)17-10-18-14-9-11(15)7-8-13(14)16-3;1-7(11)10-8(12-2)5-4-6-9(10)13-3/h7-9,12,17H,3-6,10H2,1-2H3;4-6H,1-3H3. The first-order valence-corrected chi connectivity index (χ1v) is 11.2. The summed E-state index contributed by atoms with van der Waals surface area (Å²) in [6, 6.07) is 10.4. The Morgan fingerprint density at radius 3 is 2.32 bits per heavy atom. The number of aliphatic imine (C=N–C) groups is 1. The van der Waals surface area contributed by atoms with E-state index in [1.165, 1.54) is 46.1 Å². The number of hydrogen-bond acceptors (Lipinski definition) is 6. The summed E-state index contributed by atoms with van der Waals surface area (Å²) in [6.45, 7) is 9.35. The van der Waals surface area contributed by atoms with Gasteiger partial charge in [-0.1, -0.05) is 26.3 Å². The van der Waals surface area contributed by atoms with Gasteiger partial charge in [-0.2, -0.15) is 0 Å². The summed E-state index contributed by atoms with van der Waals surface area (Å²) in [5.74, 6) is 1.57. The van der Waals surface area contributed by atoms with Crippen LogP contribution in [0.4, 0.5) is 10.1 Å². The van der Waals surface area contributed by atoms with Gasteiger partial charge in [0.25, 0.3) is 0 Å². The van der Waals surface area contributed by atoms with Crippen molar-refractivity contribution in [2.45, 2.75) is 51.0 Å². The number of nitrogens with zero attached hydrogens (tertiary/aromatic N) is 1. The maximum Gasteiger partial charge on any atom is 0.167 e. The number of benzene rings is 2. The molecule has 0 bridgehead atoms. The van der Waals surface area contributed by atoms with Gasteiger partial charge in [-0.3, -0.25) is 9.79 Å². The molecule has 1 N–H and O–H groups in total. The molecule has 0 aliphatic carbocycles. The van der Waals surface area contributed by atoms with Gasteiger partial charge in [-0.05, 0) is 56.8 Å². The van der Waals surface area contributed by atoms with E-state index in [4.69, 9.17) is 9.47 Å². The highest BCUT2D eigenvalue weighted by Crippen LogP contribution is 2.30. The fourth-order valence-electron chi connectivity index (χ4n) is 2.97. The Hall–Kier alpha value is -2.38. The molecule has 1 atom stereocenters. The van der Waals surface area contributed by atoms with Crippen molar-refractivity contribution in [1.29, 1.82) is 0 Å². The number of nitrogens with one attached hydrogen (secondary N) is 1. The van der Waals surface area contributed by atoms with Gasteiger partial charge in [-0.25, -0.2) is 4.39 Å². The van der Waals surface area contributed by atoms with E-state index in [9.17, 15) is 9.18 Å². The molecule has 0 saturated heterocycles. The number of rotatable bonds is 11. The van der Waals surface area contributed by atoms with Crippen LogP contribution in [0.1, 0.15) is 50.4 Å². The normalized spacial score (nSPS) is 11.2. The highest BCUT2D eigenvalue weighted by molar-refractivity contribution is 7.99. The van der Waals surface area contributed by atoms with Crippen molar-refractivity contribution in [2.24, 2.45) is 4.99 Å². The third-order valence-electron chi connectivity index (χ3n) is 4.60. The Morgan fingerprint density at radius 2 is 1.84 bits per heavy atom. The van der Waals surface area contributed by atoms with E-state index in [1.54, 1.807) is 36.0 Å². The number of thioether (sulfide) groups is 1. The predicted molar refractivity (Wildman–Crippen MR) is 128 cm³/mol. The summed E-state index contributed by atoms with van der Waals surface area (Å²) in [5.41, 5.74) is 1.24. The SMILES string of the molecule is C=Nc1ccc(F)cc1SCNC(CC)CCC.COc1cccc(OC)c1C(C)=O. The van der Waals surface area contributed by atoms with Gasteiger partial charge in [-0.15, -0.1) is 11.8 Å². The number of ether oxygens (including phenoxy) is 2. The summed E-state index contributed by atoms with van der Waals surface area (Å²) < 4.78 is 23.3. The second-order valence-electron chi connectivity index (χ2n) is 6.75. The largest absolute Gasteiger partial charge is 0.496 e. The van der Waals surface area contributed by atoms with Crippen molar-refractivity contribution in [3.8, 4) is 11.5 Å². The molecule has 0 spiro atoms. The minimum atomic E-state index is -0.231.